The molecule has 0 atom stereocenters. The molecule has 2 aromatic heterocycles. The molecule has 0 aliphatic carbocycles. The smallest absolute Gasteiger partial charge is 0.255 e. The molecule has 150 valence electrons. The van der Waals surface area contributed by atoms with Crippen LogP contribution in [0.25, 0.3) is 0 Å². The highest BCUT2D eigenvalue weighted by Gasteiger charge is 2.25. The van der Waals surface area contributed by atoms with Crippen LogP contribution in [0, 0.1) is 13.8 Å². The molecule has 2 amide bonds. The molecule has 1 aliphatic rings. The zero-order chi connectivity index (χ0) is 20.4. The summed E-state index contributed by atoms with van der Waals surface area (Å²) < 4.78 is 7.01. The van der Waals surface area contributed by atoms with Crippen molar-refractivity contribution in [3.8, 4) is 0 Å². The van der Waals surface area contributed by atoms with E-state index in [2.05, 4.69) is 15.4 Å². The van der Waals surface area contributed by atoms with Crippen molar-refractivity contribution in [1.29, 1.82) is 0 Å². The Labute approximate surface area is 164 Å². The molecule has 3 heterocycles. The molecule has 0 saturated heterocycles. The molecule has 2 aromatic rings. The van der Waals surface area contributed by atoms with Gasteiger partial charge in [0, 0.05) is 51.7 Å². The molecule has 28 heavy (non-hydrogen) atoms. The van der Waals surface area contributed by atoms with E-state index in [1.54, 1.807) is 31.3 Å². The second-order valence-corrected chi connectivity index (χ2v) is 6.89. The number of carbonyl (C=O) groups excluding carboxylic acids is 2. The predicted octanol–water partition coefficient (Wildman–Crippen LogP) is 1.11. The Hall–Kier alpha value is -2.94. The number of ether oxygens (including phenoxy) is 1. The van der Waals surface area contributed by atoms with Crippen LogP contribution in [0.5, 0.6) is 0 Å². The molecule has 0 saturated carbocycles. The van der Waals surface area contributed by atoms with Gasteiger partial charge in [0.05, 0.1) is 30.1 Å². The second-order valence-electron chi connectivity index (χ2n) is 6.89. The molecular weight excluding hydrogens is 360 g/mol. The molecular formula is C19H26N6O3. The Bertz CT molecular complexity index is 907. The van der Waals surface area contributed by atoms with Crippen molar-refractivity contribution < 1.29 is 14.3 Å². The van der Waals surface area contributed by atoms with Crippen molar-refractivity contribution in [2.75, 3.05) is 44.1 Å². The van der Waals surface area contributed by atoms with Crippen LogP contribution >= 0.6 is 0 Å². The fraction of sp³-hybridized carbons (Fsp3) is 0.474. The normalized spacial score (nSPS) is 13.3. The number of rotatable bonds is 6. The average molecular weight is 386 g/mol. The van der Waals surface area contributed by atoms with Crippen LogP contribution in [-0.4, -0.2) is 65.3 Å². The number of likely N-dealkylation sites (N-methyl/N-ethyl adjacent to an activating group) is 1. The minimum absolute atomic E-state index is 0.0725. The maximum Gasteiger partial charge on any atom is 0.255 e. The number of nitrogens with one attached hydrogen (secondary N) is 1. The molecule has 0 aromatic carbocycles. The molecule has 1 N–H and O–H groups in total. The van der Waals surface area contributed by atoms with Crippen molar-refractivity contribution in [3.05, 3.63) is 34.8 Å². The minimum atomic E-state index is -0.165. The lowest BCUT2D eigenvalue weighted by molar-refractivity contribution is -0.116. The summed E-state index contributed by atoms with van der Waals surface area (Å²) >= 11 is 0. The molecule has 0 unspecified atom stereocenters. The van der Waals surface area contributed by atoms with Crippen LogP contribution in [0.3, 0.4) is 0 Å². The van der Waals surface area contributed by atoms with Crippen molar-refractivity contribution in [3.63, 3.8) is 0 Å². The molecule has 0 bridgehead atoms. The number of amides is 2. The zero-order valence-corrected chi connectivity index (χ0v) is 16.9. The minimum Gasteiger partial charge on any atom is -0.383 e. The largest absolute Gasteiger partial charge is 0.383 e. The fourth-order valence-corrected chi connectivity index (χ4v) is 3.25. The lowest BCUT2D eigenvalue weighted by Gasteiger charge is -2.27. The monoisotopic (exact) mass is 386 g/mol. The maximum atomic E-state index is 13.2. The van der Waals surface area contributed by atoms with E-state index in [9.17, 15) is 9.59 Å². The van der Waals surface area contributed by atoms with Gasteiger partial charge in [-0.2, -0.15) is 5.10 Å². The summed E-state index contributed by atoms with van der Waals surface area (Å²) in [6.07, 6.45) is 1.54. The Morgan fingerprint density at radius 1 is 1.36 bits per heavy atom. The van der Waals surface area contributed by atoms with Gasteiger partial charge >= 0.3 is 0 Å². The molecule has 0 spiro atoms. The van der Waals surface area contributed by atoms with Gasteiger partial charge in [0.15, 0.2) is 0 Å². The third-order valence-corrected chi connectivity index (χ3v) is 5.12. The summed E-state index contributed by atoms with van der Waals surface area (Å²) in [6, 6.07) is 1.71. The van der Waals surface area contributed by atoms with Crippen molar-refractivity contribution in [2.24, 2.45) is 7.05 Å². The van der Waals surface area contributed by atoms with Gasteiger partial charge in [0.1, 0.15) is 5.82 Å². The van der Waals surface area contributed by atoms with Crippen LogP contribution in [0.15, 0.2) is 12.3 Å². The Balaban J connectivity index is 1.90. The van der Waals surface area contributed by atoms with E-state index in [0.29, 0.717) is 36.8 Å². The van der Waals surface area contributed by atoms with Crippen LogP contribution in [0.2, 0.25) is 0 Å². The first kappa shape index (κ1) is 19.8. The number of methoxy groups -OCH3 is 1. The second kappa shape index (κ2) is 7.97. The van der Waals surface area contributed by atoms with Gasteiger partial charge in [-0.3, -0.25) is 14.3 Å². The number of hydrogen-bond donors (Lipinski definition) is 1. The zero-order valence-electron chi connectivity index (χ0n) is 16.9. The summed E-state index contributed by atoms with van der Waals surface area (Å²) in [5.41, 5.74) is 3.96. The average Bonchev–Trinajstić information content (AvgIpc) is 2.93. The first-order chi connectivity index (χ1) is 13.3. The van der Waals surface area contributed by atoms with E-state index in [1.165, 1.54) is 4.90 Å². The number of pyridine rings is 1. The van der Waals surface area contributed by atoms with Gasteiger partial charge in [-0.15, -0.1) is 0 Å². The SMILES string of the molecule is COCCN(Cc1c(C)nn(C)c1C)C(=O)c1cnc2c(c1)N(C)C(=O)CN2. The highest BCUT2D eigenvalue weighted by atomic mass is 16.5. The summed E-state index contributed by atoms with van der Waals surface area (Å²) in [7, 11) is 5.18. The lowest BCUT2D eigenvalue weighted by atomic mass is 10.1. The molecule has 1 aliphatic heterocycles. The van der Waals surface area contributed by atoms with Gasteiger partial charge in [0.25, 0.3) is 5.91 Å². The van der Waals surface area contributed by atoms with Crippen LogP contribution in [0.1, 0.15) is 27.3 Å². The number of nitrogens with zero attached hydrogens (tertiary/aromatic N) is 5. The number of aryl methyl sites for hydroxylation is 2. The third kappa shape index (κ3) is 3.70. The molecule has 0 radical (unpaired) electrons. The quantitative estimate of drug-likeness (QED) is 0.800. The fourth-order valence-electron chi connectivity index (χ4n) is 3.25. The molecule has 9 heteroatoms. The first-order valence-corrected chi connectivity index (χ1v) is 9.11. The van der Waals surface area contributed by atoms with Gasteiger partial charge in [0.2, 0.25) is 5.91 Å². The molecule has 9 nitrogen and oxygen atoms in total. The lowest BCUT2D eigenvalue weighted by Crippen LogP contribution is -2.38. The Morgan fingerprint density at radius 3 is 2.75 bits per heavy atom. The highest BCUT2D eigenvalue weighted by Crippen LogP contribution is 2.28. The first-order valence-electron chi connectivity index (χ1n) is 9.11. The van der Waals surface area contributed by atoms with Crippen LogP contribution in [0.4, 0.5) is 11.5 Å². The van der Waals surface area contributed by atoms with E-state index in [1.807, 2.05) is 25.6 Å². The van der Waals surface area contributed by atoms with Crippen molar-refractivity contribution in [1.82, 2.24) is 19.7 Å². The number of fused-ring (bicyclic) bond motifs is 1. The van der Waals surface area contributed by atoms with E-state index in [-0.39, 0.29) is 18.4 Å². The van der Waals surface area contributed by atoms with Crippen molar-refractivity contribution in [2.45, 2.75) is 20.4 Å². The van der Waals surface area contributed by atoms with Gasteiger partial charge in [-0.25, -0.2) is 4.98 Å². The van der Waals surface area contributed by atoms with Crippen LogP contribution < -0.4 is 10.2 Å². The number of anilines is 2. The van der Waals surface area contributed by atoms with E-state index in [0.717, 1.165) is 17.0 Å². The third-order valence-electron chi connectivity index (χ3n) is 5.12. The van der Waals surface area contributed by atoms with Crippen LogP contribution in [-0.2, 0) is 23.1 Å². The van der Waals surface area contributed by atoms with E-state index in [4.69, 9.17) is 4.74 Å². The van der Waals surface area contributed by atoms with Crippen molar-refractivity contribution >= 4 is 23.3 Å². The number of carbonyl (C=O) groups is 2. The predicted molar refractivity (Wildman–Crippen MR) is 105 cm³/mol. The highest BCUT2D eigenvalue weighted by molar-refractivity contribution is 6.03. The van der Waals surface area contributed by atoms with Gasteiger partial charge < -0.3 is 19.9 Å². The number of aromatic nitrogens is 3. The summed E-state index contributed by atoms with van der Waals surface area (Å²) in [4.78, 5) is 32.8. The molecule has 3 rings (SSSR count). The Kier molecular flexibility index (Phi) is 5.64. The molecule has 0 fully saturated rings. The van der Waals surface area contributed by atoms with E-state index >= 15 is 0 Å². The topological polar surface area (TPSA) is 92.6 Å². The van der Waals surface area contributed by atoms with E-state index < -0.39 is 0 Å². The van der Waals surface area contributed by atoms with Gasteiger partial charge in [-0.1, -0.05) is 0 Å². The summed E-state index contributed by atoms with van der Waals surface area (Å²) in [5.74, 6) is 0.360. The maximum absolute atomic E-state index is 13.2. The summed E-state index contributed by atoms with van der Waals surface area (Å²) in [5, 5.41) is 7.41. The van der Waals surface area contributed by atoms with Gasteiger partial charge in [-0.05, 0) is 19.9 Å². The Morgan fingerprint density at radius 2 is 2.11 bits per heavy atom. The standard InChI is InChI=1S/C19H26N6O3/c1-12-15(13(2)24(4)22-12)11-25(6-7-28-5)19(27)14-8-16-18(20-9-14)21-10-17(26)23(16)3/h8-9H,6-7,10-11H2,1-5H3,(H,20,21). The summed E-state index contributed by atoms with van der Waals surface area (Å²) in [6.45, 7) is 5.41. The number of hydrogen-bond acceptors (Lipinski definition) is 6.